The van der Waals surface area contributed by atoms with Gasteiger partial charge in [0.25, 0.3) is 0 Å². The molecule has 0 saturated carbocycles. The highest BCUT2D eigenvalue weighted by molar-refractivity contribution is 8.22. The third-order valence-electron chi connectivity index (χ3n) is 2.50. The van der Waals surface area contributed by atoms with E-state index in [0.717, 1.165) is 0 Å². The first-order valence-corrected chi connectivity index (χ1v) is 19.6. The second-order valence-corrected chi connectivity index (χ2v) is 36.0. The summed E-state index contributed by atoms with van der Waals surface area (Å²) < 4.78 is 5.23. The first-order valence-electron chi connectivity index (χ1n) is 5.63. The van der Waals surface area contributed by atoms with Crippen molar-refractivity contribution in [3.63, 3.8) is 0 Å². The maximum Gasteiger partial charge on any atom is 0.171 e. The molecule has 0 radical (unpaired) electrons. The van der Waals surface area contributed by atoms with Crippen LogP contribution < -0.4 is 5.50 Å². The molecule has 2 nitrogen and oxygen atoms in total. The molecule has 0 aromatic carbocycles. The van der Waals surface area contributed by atoms with E-state index < -0.39 is 30.0 Å². The lowest BCUT2D eigenvalue weighted by molar-refractivity contribution is 1.57. The fourth-order valence-corrected chi connectivity index (χ4v) is 44.9. The Bertz CT molecular complexity index is 263. The molecular weight excluding hydrogens is 251 g/mol. The molecule has 0 aromatic rings. The van der Waals surface area contributed by atoms with Crippen molar-refractivity contribution in [3.8, 4) is 0 Å². The van der Waals surface area contributed by atoms with Crippen molar-refractivity contribution < 1.29 is 0 Å². The van der Waals surface area contributed by atoms with E-state index in [1.807, 2.05) is 0 Å². The molecule has 0 aromatic heterocycles. The molecule has 6 heteroatoms. The second kappa shape index (κ2) is 4.26. The van der Waals surface area contributed by atoms with Crippen LogP contribution in [0.1, 0.15) is 0 Å². The Balaban J connectivity index is 5.77. The first-order chi connectivity index (χ1) is 6.21. The molecule has 2 N–H and O–H groups in total. The van der Waals surface area contributed by atoms with Gasteiger partial charge in [-0.1, -0.05) is 58.9 Å². The van der Waals surface area contributed by atoms with E-state index in [-0.39, 0.29) is 0 Å². The average Bonchev–Trinajstić information content (AvgIpc) is 1.77. The van der Waals surface area contributed by atoms with Gasteiger partial charge in [0.2, 0.25) is 0 Å². The Kier molecular flexibility index (Phi) is 4.50. The molecule has 0 unspecified atom stereocenters. The van der Waals surface area contributed by atoms with Crippen LogP contribution in [0.15, 0.2) is 4.41 Å². The van der Waals surface area contributed by atoms with Crippen molar-refractivity contribution in [2.24, 2.45) is 9.91 Å². The first kappa shape index (κ1) is 15.8. The molecule has 0 rings (SSSR count). The minimum Gasteiger partial charge on any atom is -0.332 e. The van der Waals surface area contributed by atoms with E-state index in [0.29, 0.717) is 0 Å². The number of rotatable bonds is 3. The zero-order chi connectivity index (χ0) is 12.7. The molecule has 0 fully saturated rings. The summed E-state index contributed by atoms with van der Waals surface area (Å²) in [6.07, 6.45) is -1.49. The molecule has 0 heterocycles. The van der Waals surface area contributed by atoms with Crippen LogP contribution in [0.2, 0.25) is 58.9 Å². The van der Waals surface area contributed by atoms with Crippen LogP contribution in [-0.2, 0) is 0 Å². The smallest absolute Gasteiger partial charge is 0.171 e. The summed E-state index contributed by atoms with van der Waals surface area (Å²) in [6, 6.07) is 0. The highest BCUT2D eigenvalue weighted by Crippen LogP contribution is 2.59. The van der Waals surface area contributed by atoms with Crippen molar-refractivity contribution in [3.05, 3.63) is 0 Å². The minimum absolute atomic E-state index is 1.34. The predicted octanol–water partition coefficient (Wildman–Crippen LogP) is 4.57. The van der Waals surface area contributed by atoms with Gasteiger partial charge in [-0.3, -0.25) is 0 Å². The summed E-state index contributed by atoms with van der Waals surface area (Å²) in [5.74, 6) is 0. The average molecular weight is 281 g/mol. The van der Waals surface area contributed by atoms with Crippen LogP contribution in [0.4, 0.5) is 0 Å². The van der Waals surface area contributed by atoms with E-state index in [1.165, 1.54) is 0 Å². The number of nitrogens with two attached hydrogens (primary N) is 1. The third kappa shape index (κ3) is 3.97. The quantitative estimate of drug-likeness (QED) is 0.597. The van der Waals surface area contributed by atoms with Crippen molar-refractivity contribution in [1.82, 2.24) is 0 Å². The molecule has 0 saturated heterocycles. The summed E-state index contributed by atoms with van der Waals surface area (Å²) in [4.78, 5) is 0. The summed E-state index contributed by atoms with van der Waals surface area (Å²) in [6.45, 7) is 21.4. The summed E-state index contributed by atoms with van der Waals surface area (Å²) >= 11 is 0. The van der Waals surface area contributed by atoms with Crippen LogP contribution in [0.3, 0.4) is 0 Å². The van der Waals surface area contributed by atoms with Gasteiger partial charge in [0.1, 0.15) is 15.5 Å². The Labute approximate surface area is 99.0 Å². The normalized spacial score (nSPS) is 15.3. The molecule has 92 valence electrons. The van der Waals surface area contributed by atoms with E-state index in [2.05, 4.69) is 58.9 Å². The van der Waals surface area contributed by atoms with E-state index in [4.69, 9.17) is 9.91 Å². The molecule has 15 heavy (non-hydrogen) atoms. The minimum atomic E-state index is -1.49. The molecular formula is C9H29N2PSi3. The fraction of sp³-hybridized carbons (Fsp3) is 1.00. The van der Waals surface area contributed by atoms with Gasteiger partial charge in [-0.05, 0) is 6.30 Å². The number of hydrogen-bond donors (Lipinski definition) is 1. The van der Waals surface area contributed by atoms with Crippen molar-refractivity contribution in [1.29, 1.82) is 0 Å². The Morgan fingerprint density at radius 1 is 0.733 bits per heavy atom. The van der Waals surface area contributed by atoms with E-state index in [1.54, 1.807) is 0 Å². The lowest BCUT2D eigenvalue weighted by Crippen LogP contribution is -2.42. The van der Waals surface area contributed by atoms with Crippen LogP contribution in [0, 0.1) is 0 Å². The summed E-state index contributed by atoms with van der Waals surface area (Å²) in [5.41, 5.74) is 6.84. The van der Waals surface area contributed by atoms with E-state index >= 15 is 0 Å². The zero-order valence-electron chi connectivity index (χ0n) is 12.0. The predicted molar refractivity (Wildman–Crippen MR) is 83.6 cm³/mol. The fourth-order valence-electron chi connectivity index (χ4n) is 1.78. The standard InChI is InChI=1S/C9H29N2PSi3/c1-13(2,3)11-12(10,14(4,5)6)15(7,8)9/h10H2,1-9H3. The molecule has 0 aliphatic carbocycles. The monoisotopic (exact) mass is 280 g/mol. The van der Waals surface area contributed by atoms with Crippen molar-refractivity contribution in [2.45, 2.75) is 58.9 Å². The SMILES string of the molecule is C[Si](C)(C)N=P(N)([Si](C)(C)C)[Si](C)(C)C. The summed E-state index contributed by atoms with van der Waals surface area (Å²) in [7, 11) is -4.07. The highest BCUT2D eigenvalue weighted by atomic mass is 31.6. The van der Waals surface area contributed by atoms with Gasteiger partial charge in [-0.2, -0.15) is 0 Å². The zero-order valence-corrected chi connectivity index (χ0v) is 15.9. The van der Waals surface area contributed by atoms with Crippen molar-refractivity contribution in [2.75, 3.05) is 0 Å². The number of hydrogen-bond acceptors (Lipinski definition) is 1. The third-order valence-corrected chi connectivity index (χ3v) is 36.4. The van der Waals surface area contributed by atoms with E-state index in [9.17, 15) is 0 Å². The van der Waals surface area contributed by atoms with Crippen LogP contribution in [-0.4, -0.2) is 23.7 Å². The summed E-state index contributed by atoms with van der Waals surface area (Å²) in [5, 5.41) is 0. The van der Waals surface area contributed by atoms with Gasteiger partial charge in [-0.15, -0.1) is 0 Å². The Morgan fingerprint density at radius 3 is 1.07 bits per heavy atom. The molecule has 0 amide bonds. The lowest BCUT2D eigenvalue weighted by atomic mass is 11.8. The molecule has 0 atom stereocenters. The van der Waals surface area contributed by atoms with Crippen LogP contribution in [0.5, 0.6) is 0 Å². The lowest BCUT2D eigenvalue weighted by Gasteiger charge is -2.43. The molecule has 0 aliphatic heterocycles. The second-order valence-electron chi connectivity index (χ2n) is 7.30. The van der Waals surface area contributed by atoms with Crippen LogP contribution in [0.25, 0.3) is 0 Å². The number of nitrogens with zero attached hydrogens (tertiary/aromatic N) is 1. The Hall–Kier alpha value is 0.841. The molecule has 0 bridgehead atoms. The van der Waals surface area contributed by atoms with Crippen molar-refractivity contribution >= 4 is 30.0 Å². The maximum absolute atomic E-state index is 6.84. The van der Waals surface area contributed by atoms with Gasteiger partial charge in [0.15, 0.2) is 8.24 Å². The topological polar surface area (TPSA) is 38.4 Å². The Morgan fingerprint density at radius 2 is 1.00 bits per heavy atom. The largest absolute Gasteiger partial charge is 0.332 e. The molecule has 0 spiro atoms. The van der Waals surface area contributed by atoms with Gasteiger partial charge >= 0.3 is 0 Å². The van der Waals surface area contributed by atoms with Crippen LogP contribution >= 0.6 is 6.30 Å². The maximum atomic E-state index is 6.84. The molecule has 0 aliphatic rings. The van der Waals surface area contributed by atoms with Gasteiger partial charge in [0, 0.05) is 0 Å². The van der Waals surface area contributed by atoms with Gasteiger partial charge in [-0.25, -0.2) is 0 Å². The van der Waals surface area contributed by atoms with Gasteiger partial charge in [0.05, 0.1) is 0 Å². The highest BCUT2D eigenvalue weighted by Gasteiger charge is 2.43. The van der Waals surface area contributed by atoms with Gasteiger partial charge < -0.3 is 9.91 Å².